The molecule has 0 saturated heterocycles. The maximum absolute atomic E-state index is 12.5. The van der Waals surface area contributed by atoms with Crippen LogP contribution in [0.1, 0.15) is 34.1 Å². The first-order valence-corrected chi connectivity index (χ1v) is 8.96. The predicted molar refractivity (Wildman–Crippen MR) is 110 cm³/mol. The molecule has 7 nitrogen and oxygen atoms in total. The zero-order valence-corrected chi connectivity index (χ0v) is 17.2. The maximum atomic E-state index is 12.5. The molecule has 0 radical (unpaired) electrons. The highest BCUT2D eigenvalue weighted by molar-refractivity contribution is 5.97. The molecule has 0 aliphatic carbocycles. The van der Waals surface area contributed by atoms with E-state index in [0.29, 0.717) is 18.7 Å². The molecule has 0 spiro atoms. The van der Waals surface area contributed by atoms with E-state index < -0.39 is 12.1 Å². The van der Waals surface area contributed by atoms with E-state index in [1.54, 1.807) is 19.1 Å². The Hall–Kier alpha value is -2.12. The summed E-state index contributed by atoms with van der Waals surface area (Å²) in [6.45, 7) is 7.52. The molecular formula is C19H31ClN4O3. The van der Waals surface area contributed by atoms with Crippen molar-refractivity contribution in [1.82, 2.24) is 10.2 Å². The second-order valence-electron chi connectivity index (χ2n) is 6.61. The Morgan fingerprint density at radius 1 is 1.07 bits per heavy atom. The number of anilines is 1. The van der Waals surface area contributed by atoms with Crippen molar-refractivity contribution < 1.29 is 14.4 Å². The molecule has 0 saturated carbocycles. The van der Waals surface area contributed by atoms with E-state index in [-0.39, 0.29) is 42.6 Å². The topological polar surface area (TPSA) is 105 Å². The molecule has 0 bridgehead atoms. The fourth-order valence-corrected chi connectivity index (χ4v) is 2.37. The third-order valence-electron chi connectivity index (χ3n) is 4.11. The molecule has 4 N–H and O–H groups in total. The van der Waals surface area contributed by atoms with Crippen molar-refractivity contribution in [3.8, 4) is 0 Å². The van der Waals surface area contributed by atoms with E-state index >= 15 is 0 Å². The van der Waals surface area contributed by atoms with Gasteiger partial charge in [0.2, 0.25) is 17.7 Å². The highest BCUT2D eigenvalue weighted by Crippen LogP contribution is 2.09. The van der Waals surface area contributed by atoms with E-state index in [4.69, 9.17) is 5.73 Å². The van der Waals surface area contributed by atoms with Gasteiger partial charge in [0.05, 0.1) is 12.6 Å². The highest BCUT2D eigenvalue weighted by Gasteiger charge is 2.26. The molecule has 1 aromatic carbocycles. The van der Waals surface area contributed by atoms with Crippen LogP contribution in [0.25, 0.3) is 0 Å². The Morgan fingerprint density at radius 2 is 1.67 bits per heavy atom. The number of halogens is 1. The van der Waals surface area contributed by atoms with Gasteiger partial charge in [-0.15, -0.1) is 12.4 Å². The minimum Gasteiger partial charge on any atom is -0.346 e. The smallest absolute Gasteiger partial charge is 0.246 e. The lowest BCUT2D eigenvalue weighted by Crippen LogP contribution is -2.51. The van der Waals surface area contributed by atoms with Gasteiger partial charge in [0.15, 0.2) is 0 Å². The molecule has 0 heterocycles. The third kappa shape index (κ3) is 7.97. The molecule has 0 aliphatic rings. The maximum Gasteiger partial charge on any atom is 0.246 e. The summed E-state index contributed by atoms with van der Waals surface area (Å²) < 4.78 is 0. The SMILES string of the molecule is CCCN(C(=O)CNC(=O)[C@@H](N)C(C)C)C(C)C(=O)Nc1ccccc1.Cl. The van der Waals surface area contributed by atoms with Crippen molar-refractivity contribution >= 4 is 35.8 Å². The molecule has 1 aromatic rings. The first-order chi connectivity index (χ1) is 12.3. The fraction of sp³-hybridized carbons (Fsp3) is 0.526. The summed E-state index contributed by atoms with van der Waals surface area (Å²) in [6, 6.07) is 7.75. The lowest BCUT2D eigenvalue weighted by molar-refractivity contribution is -0.138. The van der Waals surface area contributed by atoms with E-state index in [1.165, 1.54) is 4.90 Å². The van der Waals surface area contributed by atoms with Crippen LogP contribution in [-0.2, 0) is 14.4 Å². The van der Waals surface area contributed by atoms with Crippen LogP contribution < -0.4 is 16.4 Å². The number of amides is 3. The number of para-hydroxylation sites is 1. The lowest BCUT2D eigenvalue weighted by Gasteiger charge is -2.28. The molecule has 1 rings (SSSR count). The Labute approximate surface area is 167 Å². The summed E-state index contributed by atoms with van der Waals surface area (Å²) in [6.07, 6.45) is 0.703. The standard InChI is InChI=1S/C19H30N4O3.ClH/c1-5-11-23(16(24)12-21-19(26)17(20)13(2)3)14(4)18(25)22-15-9-7-6-8-10-15;/h6-10,13-14,17H,5,11-12,20H2,1-4H3,(H,21,26)(H,22,25);1H/t14?,17-;/m0./s1. The van der Waals surface area contributed by atoms with E-state index in [9.17, 15) is 14.4 Å². The number of nitrogens with one attached hydrogen (secondary N) is 2. The third-order valence-corrected chi connectivity index (χ3v) is 4.11. The summed E-state index contributed by atoms with van der Waals surface area (Å²) in [5.41, 5.74) is 6.44. The summed E-state index contributed by atoms with van der Waals surface area (Å²) >= 11 is 0. The quantitative estimate of drug-likeness (QED) is 0.589. The van der Waals surface area contributed by atoms with Gasteiger partial charge >= 0.3 is 0 Å². The van der Waals surface area contributed by atoms with E-state index in [2.05, 4.69) is 10.6 Å². The van der Waals surface area contributed by atoms with Gasteiger partial charge in [-0.3, -0.25) is 14.4 Å². The summed E-state index contributed by atoms with van der Waals surface area (Å²) in [4.78, 5) is 38.4. The van der Waals surface area contributed by atoms with Gasteiger partial charge < -0.3 is 21.3 Å². The lowest BCUT2D eigenvalue weighted by atomic mass is 10.1. The second-order valence-corrected chi connectivity index (χ2v) is 6.61. The fourth-order valence-electron chi connectivity index (χ4n) is 2.37. The summed E-state index contributed by atoms with van der Waals surface area (Å²) in [5.74, 6) is -0.978. The monoisotopic (exact) mass is 398 g/mol. The minimum absolute atomic E-state index is 0. The molecule has 8 heteroatoms. The second kappa shape index (κ2) is 12.3. The average Bonchev–Trinajstić information content (AvgIpc) is 2.63. The molecular weight excluding hydrogens is 368 g/mol. The van der Waals surface area contributed by atoms with Crippen molar-refractivity contribution in [2.45, 2.75) is 46.2 Å². The van der Waals surface area contributed by atoms with Gasteiger partial charge in [-0.1, -0.05) is 39.0 Å². The molecule has 0 aromatic heterocycles. The zero-order valence-electron chi connectivity index (χ0n) is 16.4. The van der Waals surface area contributed by atoms with Gasteiger partial charge in [-0.2, -0.15) is 0 Å². The van der Waals surface area contributed by atoms with Crippen molar-refractivity contribution in [3.05, 3.63) is 30.3 Å². The number of benzene rings is 1. The number of carbonyl (C=O) groups is 3. The number of hydrogen-bond acceptors (Lipinski definition) is 4. The number of nitrogens with zero attached hydrogens (tertiary/aromatic N) is 1. The molecule has 27 heavy (non-hydrogen) atoms. The molecule has 2 atom stereocenters. The van der Waals surface area contributed by atoms with Crippen LogP contribution in [0.15, 0.2) is 30.3 Å². The highest BCUT2D eigenvalue weighted by atomic mass is 35.5. The normalized spacial score (nSPS) is 12.5. The van der Waals surface area contributed by atoms with Gasteiger partial charge in [0, 0.05) is 12.2 Å². The number of rotatable bonds is 9. The predicted octanol–water partition coefficient (Wildman–Crippen LogP) is 1.77. The first kappa shape index (κ1) is 24.9. The molecule has 0 aliphatic heterocycles. The molecule has 1 unspecified atom stereocenters. The Balaban J connectivity index is 0.00000676. The van der Waals surface area contributed by atoms with Crippen molar-refractivity contribution in [2.75, 3.05) is 18.4 Å². The van der Waals surface area contributed by atoms with Gasteiger partial charge in [-0.25, -0.2) is 0 Å². The van der Waals surface area contributed by atoms with Gasteiger partial charge in [0.25, 0.3) is 0 Å². The van der Waals surface area contributed by atoms with Gasteiger partial charge in [-0.05, 0) is 31.4 Å². The Kier molecular flexibility index (Phi) is 11.3. The molecule has 152 valence electrons. The first-order valence-electron chi connectivity index (χ1n) is 8.96. The number of nitrogens with two attached hydrogens (primary N) is 1. The summed E-state index contributed by atoms with van der Waals surface area (Å²) in [5, 5.41) is 5.35. The van der Waals surface area contributed by atoms with Crippen molar-refractivity contribution in [1.29, 1.82) is 0 Å². The largest absolute Gasteiger partial charge is 0.346 e. The minimum atomic E-state index is -0.666. The van der Waals surface area contributed by atoms with Crippen LogP contribution in [0.5, 0.6) is 0 Å². The van der Waals surface area contributed by atoms with Crippen LogP contribution in [-0.4, -0.2) is 47.8 Å². The Morgan fingerprint density at radius 3 is 2.19 bits per heavy atom. The van der Waals surface area contributed by atoms with E-state index in [1.807, 2.05) is 39.0 Å². The van der Waals surface area contributed by atoms with Crippen LogP contribution in [0, 0.1) is 5.92 Å². The van der Waals surface area contributed by atoms with Gasteiger partial charge in [0.1, 0.15) is 6.04 Å². The Bertz CT molecular complexity index is 610. The van der Waals surface area contributed by atoms with Crippen molar-refractivity contribution in [3.63, 3.8) is 0 Å². The number of carbonyl (C=O) groups excluding carboxylic acids is 3. The van der Waals surface area contributed by atoms with Crippen LogP contribution >= 0.6 is 12.4 Å². The summed E-state index contributed by atoms with van der Waals surface area (Å²) in [7, 11) is 0. The van der Waals surface area contributed by atoms with Crippen LogP contribution in [0.2, 0.25) is 0 Å². The molecule has 3 amide bonds. The molecule has 0 fully saturated rings. The zero-order chi connectivity index (χ0) is 19.7. The van der Waals surface area contributed by atoms with Crippen LogP contribution in [0.3, 0.4) is 0 Å². The number of hydrogen-bond donors (Lipinski definition) is 3. The van der Waals surface area contributed by atoms with E-state index in [0.717, 1.165) is 0 Å². The van der Waals surface area contributed by atoms with Crippen LogP contribution in [0.4, 0.5) is 5.69 Å². The average molecular weight is 399 g/mol. The van der Waals surface area contributed by atoms with Crippen molar-refractivity contribution in [2.24, 2.45) is 11.7 Å².